The molecule has 2 N–H and O–H groups in total. The lowest BCUT2D eigenvalue weighted by Crippen LogP contribution is -2.16. The summed E-state index contributed by atoms with van der Waals surface area (Å²) in [4.78, 5) is 0. The zero-order chi connectivity index (χ0) is 12.5. The molecule has 1 atom stereocenters. The van der Waals surface area contributed by atoms with Crippen LogP contribution in [-0.4, -0.2) is 18.3 Å². The molecule has 0 amide bonds. The molecule has 0 saturated heterocycles. The van der Waals surface area contributed by atoms with Crippen molar-refractivity contribution in [3.63, 3.8) is 0 Å². The molecule has 3 heteroatoms. The highest BCUT2D eigenvalue weighted by Gasteiger charge is 1.99. The van der Waals surface area contributed by atoms with Crippen molar-refractivity contribution in [2.24, 2.45) is 5.92 Å². The summed E-state index contributed by atoms with van der Waals surface area (Å²) in [5.41, 5.74) is 1.84. The fraction of sp³-hybridized carbons (Fsp3) is 0.500. The number of nitriles is 1. The summed E-state index contributed by atoms with van der Waals surface area (Å²) in [6, 6.07) is 9.78. The van der Waals surface area contributed by atoms with Gasteiger partial charge in [-0.15, -0.1) is 0 Å². The van der Waals surface area contributed by atoms with Gasteiger partial charge in [0.25, 0.3) is 0 Å². The highest BCUT2D eigenvalue weighted by Crippen LogP contribution is 2.05. The van der Waals surface area contributed by atoms with Crippen LogP contribution in [0.1, 0.15) is 30.9 Å². The Labute approximate surface area is 103 Å². The molecule has 0 aromatic heterocycles. The summed E-state index contributed by atoms with van der Waals surface area (Å²) >= 11 is 0. The van der Waals surface area contributed by atoms with Crippen LogP contribution in [0.4, 0.5) is 0 Å². The van der Waals surface area contributed by atoms with Crippen molar-refractivity contribution in [2.45, 2.75) is 26.3 Å². The average molecular weight is 232 g/mol. The average Bonchev–Trinajstić information content (AvgIpc) is 2.38. The van der Waals surface area contributed by atoms with Gasteiger partial charge >= 0.3 is 0 Å². The Balaban J connectivity index is 2.20. The molecule has 1 rings (SSSR count). The number of nitrogens with zero attached hydrogens (tertiary/aromatic N) is 1. The van der Waals surface area contributed by atoms with E-state index in [0.717, 1.165) is 31.5 Å². The maximum absolute atomic E-state index is 8.88. The van der Waals surface area contributed by atoms with Crippen LogP contribution < -0.4 is 5.32 Å². The molecule has 92 valence electrons. The topological polar surface area (TPSA) is 56.0 Å². The highest BCUT2D eigenvalue weighted by molar-refractivity contribution is 5.32. The van der Waals surface area contributed by atoms with Gasteiger partial charge in [-0.2, -0.15) is 5.26 Å². The van der Waals surface area contributed by atoms with E-state index in [9.17, 15) is 0 Å². The Morgan fingerprint density at radius 2 is 2.29 bits per heavy atom. The van der Waals surface area contributed by atoms with Gasteiger partial charge in [0, 0.05) is 13.2 Å². The molecular formula is C14H20N2O. The second-order valence-corrected chi connectivity index (χ2v) is 4.42. The first-order valence-electron chi connectivity index (χ1n) is 6.07. The number of rotatable bonds is 7. The first kappa shape index (κ1) is 13.7. The first-order chi connectivity index (χ1) is 8.26. The Kier molecular flexibility index (Phi) is 6.31. The van der Waals surface area contributed by atoms with E-state index in [4.69, 9.17) is 10.4 Å². The molecule has 0 aliphatic heterocycles. The minimum absolute atomic E-state index is 0.268. The van der Waals surface area contributed by atoms with E-state index in [2.05, 4.69) is 18.3 Å². The van der Waals surface area contributed by atoms with Crippen LogP contribution in [0.25, 0.3) is 0 Å². The zero-order valence-corrected chi connectivity index (χ0v) is 10.3. The fourth-order valence-corrected chi connectivity index (χ4v) is 1.65. The summed E-state index contributed by atoms with van der Waals surface area (Å²) < 4.78 is 0. The lowest BCUT2D eigenvalue weighted by Gasteiger charge is -2.08. The molecule has 17 heavy (non-hydrogen) atoms. The van der Waals surface area contributed by atoms with Crippen molar-refractivity contribution >= 4 is 0 Å². The van der Waals surface area contributed by atoms with Crippen molar-refractivity contribution in [3.05, 3.63) is 35.4 Å². The van der Waals surface area contributed by atoms with E-state index in [1.54, 1.807) is 0 Å². The summed E-state index contributed by atoms with van der Waals surface area (Å²) in [5, 5.41) is 21.0. The molecule has 0 spiro atoms. The molecule has 0 fully saturated rings. The molecule has 0 aliphatic rings. The first-order valence-corrected chi connectivity index (χ1v) is 6.07. The zero-order valence-electron chi connectivity index (χ0n) is 10.3. The third-order valence-corrected chi connectivity index (χ3v) is 2.75. The standard InChI is InChI=1S/C14H20N2O/c1-12(11-17)4-3-7-16-10-14-6-2-5-13(8-14)9-15/h2,5-6,8,12,16-17H,3-4,7,10-11H2,1H3. The van der Waals surface area contributed by atoms with Gasteiger partial charge in [0.15, 0.2) is 0 Å². The molecule has 0 heterocycles. The molecule has 3 nitrogen and oxygen atoms in total. The maximum atomic E-state index is 8.88. The summed E-state index contributed by atoms with van der Waals surface area (Å²) in [7, 11) is 0. The third kappa shape index (κ3) is 5.48. The van der Waals surface area contributed by atoms with Gasteiger partial charge in [0.2, 0.25) is 0 Å². The quantitative estimate of drug-likeness (QED) is 0.707. The van der Waals surface area contributed by atoms with E-state index in [1.807, 2.05) is 24.3 Å². The van der Waals surface area contributed by atoms with Crippen LogP contribution in [0, 0.1) is 17.2 Å². The van der Waals surface area contributed by atoms with Crippen molar-refractivity contribution in [3.8, 4) is 6.07 Å². The number of aliphatic hydroxyl groups is 1. The number of benzene rings is 1. The van der Waals surface area contributed by atoms with Gasteiger partial charge in [-0.3, -0.25) is 0 Å². The summed E-state index contributed by atoms with van der Waals surface area (Å²) in [5.74, 6) is 0.388. The second-order valence-electron chi connectivity index (χ2n) is 4.42. The predicted molar refractivity (Wildman–Crippen MR) is 68.3 cm³/mol. The lowest BCUT2D eigenvalue weighted by molar-refractivity contribution is 0.228. The van der Waals surface area contributed by atoms with Gasteiger partial charge < -0.3 is 10.4 Å². The van der Waals surface area contributed by atoms with Crippen LogP contribution in [0.3, 0.4) is 0 Å². The van der Waals surface area contributed by atoms with Crippen LogP contribution in [0.5, 0.6) is 0 Å². The van der Waals surface area contributed by atoms with E-state index >= 15 is 0 Å². The Hall–Kier alpha value is -1.37. The van der Waals surface area contributed by atoms with Gasteiger partial charge in [-0.1, -0.05) is 19.1 Å². The van der Waals surface area contributed by atoms with Crippen LogP contribution >= 0.6 is 0 Å². The number of nitrogens with one attached hydrogen (secondary N) is 1. The Morgan fingerprint density at radius 3 is 3.00 bits per heavy atom. The van der Waals surface area contributed by atoms with E-state index < -0.39 is 0 Å². The van der Waals surface area contributed by atoms with Crippen molar-refractivity contribution in [2.75, 3.05) is 13.2 Å². The predicted octanol–water partition coefficient (Wildman–Crippen LogP) is 2.06. The minimum Gasteiger partial charge on any atom is -0.396 e. The normalized spacial score (nSPS) is 12.1. The van der Waals surface area contributed by atoms with Gasteiger partial charge in [0.1, 0.15) is 0 Å². The van der Waals surface area contributed by atoms with E-state index in [1.165, 1.54) is 0 Å². The van der Waals surface area contributed by atoms with E-state index in [0.29, 0.717) is 11.5 Å². The monoisotopic (exact) mass is 232 g/mol. The molecular weight excluding hydrogens is 212 g/mol. The van der Waals surface area contributed by atoms with Crippen LogP contribution in [-0.2, 0) is 6.54 Å². The fourth-order valence-electron chi connectivity index (χ4n) is 1.65. The highest BCUT2D eigenvalue weighted by atomic mass is 16.3. The minimum atomic E-state index is 0.268. The van der Waals surface area contributed by atoms with Gasteiger partial charge in [0.05, 0.1) is 11.6 Å². The third-order valence-electron chi connectivity index (χ3n) is 2.75. The van der Waals surface area contributed by atoms with Gasteiger partial charge in [-0.05, 0) is 43.0 Å². The molecule has 0 radical (unpaired) electrons. The largest absolute Gasteiger partial charge is 0.396 e. The van der Waals surface area contributed by atoms with Crippen molar-refractivity contribution in [1.29, 1.82) is 5.26 Å². The molecule has 0 bridgehead atoms. The molecule has 1 aromatic carbocycles. The van der Waals surface area contributed by atoms with Crippen molar-refractivity contribution < 1.29 is 5.11 Å². The Bertz CT molecular complexity index is 371. The lowest BCUT2D eigenvalue weighted by atomic mass is 10.1. The second kappa shape index (κ2) is 7.83. The summed E-state index contributed by atoms with van der Waals surface area (Å²) in [6.07, 6.45) is 2.11. The molecule has 0 aliphatic carbocycles. The number of aliphatic hydroxyl groups excluding tert-OH is 1. The Morgan fingerprint density at radius 1 is 1.47 bits per heavy atom. The van der Waals surface area contributed by atoms with E-state index in [-0.39, 0.29) is 6.61 Å². The number of hydrogen-bond donors (Lipinski definition) is 2. The number of hydrogen-bond acceptors (Lipinski definition) is 3. The smallest absolute Gasteiger partial charge is 0.0991 e. The summed E-state index contributed by atoms with van der Waals surface area (Å²) in [6.45, 7) is 4.06. The SMILES string of the molecule is CC(CO)CCCNCc1cccc(C#N)c1. The van der Waals surface area contributed by atoms with Crippen LogP contribution in [0.2, 0.25) is 0 Å². The molecule has 0 saturated carbocycles. The van der Waals surface area contributed by atoms with Crippen molar-refractivity contribution in [1.82, 2.24) is 5.32 Å². The molecule has 1 aromatic rings. The molecule has 1 unspecified atom stereocenters. The van der Waals surface area contributed by atoms with Gasteiger partial charge in [-0.25, -0.2) is 0 Å². The van der Waals surface area contributed by atoms with Crippen LogP contribution in [0.15, 0.2) is 24.3 Å². The maximum Gasteiger partial charge on any atom is 0.0991 e.